The molecule has 0 heterocycles. The third-order valence-corrected chi connectivity index (χ3v) is 5.31. The van der Waals surface area contributed by atoms with Crippen molar-refractivity contribution in [2.24, 2.45) is 0 Å². The molecule has 0 saturated carbocycles. The van der Waals surface area contributed by atoms with Gasteiger partial charge in [-0.15, -0.1) is 0 Å². The molecule has 0 aromatic heterocycles. The van der Waals surface area contributed by atoms with Gasteiger partial charge in [-0.25, -0.2) is 0 Å². The summed E-state index contributed by atoms with van der Waals surface area (Å²) in [7, 11) is 3.17. The van der Waals surface area contributed by atoms with Crippen molar-refractivity contribution in [3.05, 3.63) is 23.8 Å². The van der Waals surface area contributed by atoms with Crippen molar-refractivity contribution in [1.29, 1.82) is 0 Å². The van der Waals surface area contributed by atoms with E-state index in [0.29, 0.717) is 11.5 Å². The quantitative estimate of drug-likeness (QED) is 0.749. The van der Waals surface area contributed by atoms with E-state index in [2.05, 4.69) is 31.9 Å². The molecule has 0 amide bonds. The zero-order chi connectivity index (χ0) is 13.0. The van der Waals surface area contributed by atoms with E-state index in [1.165, 1.54) is 0 Å². The second-order valence-corrected chi connectivity index (χ2v) is 5.50. The molecule has 0 saturated heterocycles. The van der Waals surface area contributed by atoms with E-state index in [-0.39, 0.29) is 15.4 Å². The van der Waals surface area contributed by atoms with Gasteiger partial charge in [0.2, 0.25) is 0 Å². The van der Waals surface area contributed by atoms with Gasteiger partial charge in [0.1, 0.15) is 5.78 Å². The number of Topliss-reactive ketones (excluding diaryl/α,β-unsaturated/α-hetero) is 1. The minimum absolute atomic E-state index is 0.0710. The Hall–Kier alpha value is -0.550. The summed E-state index contributed by atoms with van der Waals surface area (Å²) < 4.78 is 10.4. The van der Waals surface area contributed by atoms with E-state index < -0.39 is 0 Å². The Labute approximate surface area is 118 Å². The molecule has 1 rings (SSSR count). The fourth-order valence-electron chi connectivity index (χ4n) is 1.40. The standard InChI is InChI=1S/C12H14Br2O3/c1-7(15)11(13)12(14)8-4-5-9(16-2)10(6-8)17-3/h4-6,11-12H,1-3H3. The van der Waals surface area contributed by atoms with Crippen LogP contribution in [0.15, 0.2) is 18.2 Å². The summed E-state index contributed by atoms with van der Waals surface area (Å²) in [5, 5.41) is 0. The molecule has 5 heteroatoms. The van der Waals surface area contributed by atoms with Gasteiger partial charge in [-0.1, -0.05) is 37.9 Å². The highest BCUT2D eigenvalue weighted by atomic mass is 79.9. The number of alkyl halides is 2. The van der Waals surface area contributed by atoms with Crippen LogP contribution < -0.4 is 9.47 Å². The maximum Gasteiger partial charge on any atom is 0.161 e. The van der Waals surface area contributed by atoms with E-state index in [4.69, 9.17) is 9.47 Å². The molecule has 1 aromatic rings. The maximum atomic E-state index is 11.3. The van der Waals surface area contributed by atoms with Crippen LogP contribution in [-0.2, 0) is 4.79 Å². The van der Waals surface area contributed by atoms with E-state index in [9.17, 15) is 4.79 Å². The molecule has 0 spiro atoms. The fraction of sp³-hybridized carbons (Fsp3) is 0.417. The van der Waals surface area contributed by atoms with Crippen LogP contribution in [0.2, 0.25) is 0 Å². The van der Waals surface area contributed by atoms with E-state index in [1.54, 1.807) is 21.1 Å². The van der Waals surface area contributed by atoms with Crippen LogP contribution in [0.25, 0.3) is 0 Å². The summed E-state index contributed by atoms with van der Waals surface area (Å²) in [6.45, 7) is 1.55. The molecule has 0 fully saturated rings. The minimum Gasteiger partial charge on any atom is -0.493 e. The average molecular weight is 366 g/mol. The number of carbonyl (C=O) groups excluding carboxylic acids is 1. The van der Waals surface area contributed by atoms with E-state index in [0.717, 1.165) is 5.56 Å². The number of rotatable bonds is 5. The Balaban J connectivity index is 3.03. The molecule has 94 valence electrons. The van der Waals surface area contributed by atoms with Gasteiger partial charge in [-0.3, -0.25) is 4.79 Å². The number of hydrogen-bond acceptors (Lipinski definition) is 3. The first-order chi connectivity index (χ1) is 8.01. The topological polar surface area (TPSA) is 35.5 Å². The monoisotopic (exact) mass is 364 g/mol. The van der Waals surface area contributed by atoms with Gasteiger partial charge in [-0.05, 0) is 24.6 Å². The second kappa shape index (κ2) is 6.40. The third kappa shape index (κ3) is 3.45. The van der Waals surface area contributed by atoms with Crippen molar-refractivity contribution in [2.75, 3.05) is 14.2 Å². The molecule has 17 heavy (non-hydrogen) atoms. The van der Waals surface area contributed by atoms with Gasteiger partial charge >= 0.3 is 0 Å². The third-order valence-electron chi connectivity index (χ3n) is 2.37. The summed E-state index contributed by atoms with van der Waals surface area (Å²) in [4.78, 5) is 10.9. The van der Waals surface area contributed by atoms with Gasteiger partial charge in [-0.2, -0.15) is 0 Å². The summed E-state index contributed by atoms with van der Waals surface area (Å²) in [5.74, 6) is 1.39. The number of halogens is 2. The molecular weight excluding hydrogens is 352 g/mol. The number of carbonyl (C=O) groups is 1. The Morgan fingerprint density at radius 3 is 2.24 bits per heavy atom. The molecular formula is C12H14Br2O3. The van der Waals surface area contributed by atoms with Gasteiger partial charge in [0, 0.05) is 0 Å². The molecule has 0 N–H and O–H groups in total. The van der Waals surface area contributed by atoms with Crippen LogP contribution in [0.4, 0.5) is 0 Å². The summed E-state index contributed by atoms with van der Waals surface area (Å²) >= 11 is 6.86. The molecule has 0 bridgehead atoms. The smallest absolute Gasteiger partial charge is 0.161 e. The molecule has 0 aliphatic carbocycles. The largest absolute Gasteiger partial charge is 0.493 e. The zero-order valence-electron chi connectivity index (χ0n) is 9.87. The van der Waals surface area contributed by atoms with Crippen molar-refractivity contribution in [2.45, 2.75) is 16.6 Å². The lowest BCUT2D eigenvalue weighted by Crippen LogP contribution is -2.15. The van der Waals surface area contributed by atoms with E-state index >= 15 is 0 Å². The lowest BCUT2D eigenvalue weighted by Gasteiger charge is -2.16. The molecule has 0 aliphatic heterocycles. The highest BCUT2D eigenvalue weighted by molar-refractivity contribution is 9.12. The zero-order valence-corrected chi connectivity index (χ0v) is 13.0. The average Bonchev–Trinajstić information content (AvgIpc) is 2.35. The summed E-state index contributed by atoms with van der Waals surface area (Å²) in [5.41, 5.74) is 0.958. The predicted molar refractivity (Wildman–Crippen MR) is 74.6 cm³/mol. The predicted octanol–water partition coefficient (Wildman–Crippen LogP) is 3.49. The number of ether oxygens (including phenoxy) is 2. The van der Waals surface area contributed by atoms with Crippen LogP contribution in [0, 0.1) is 0 Å². The van der Waals surface area contributed by atoms with Gasteiger partial charge in [0.25, 0.3) is 0 Å². The molecule has 0 aliphatic rings. The van der Waals surface area contributed by atoms with Crippen LogP contribution in [0.3, 0.4) is 0 Å². The molecule has 1 aromatic carbocycles. The lowest BCUT2D eigenvalue weighted by atomic mass is 10.1. The highest BCUT2D eigenvalue weighted by Gasteiger charge is 2.22. The van der Waals surface area contributed by atoms with Crippen molar-refractivity contribution < 1.29 is 14.3 Å². The SMILES string of the molecule is COc1ccc(C(Br)C(Br)C(C)=O)cc1OC. The normalized spacial score (nSPS) is 13.9. The Kier molecular flexibility index (Phi) is 5.46. The van der Waals surface area contributed by atoms with Crippen molar-refractivity contribution in [3.63, 3.8) is 0 Å². The Morgan fingerprint density at radius 1 is 1.18 bits per heavy atom. The van der Waals surface area contributed by atoms with Crippen LogP contribution >= 0.6 is 31.9 Å². The van der Waals surface area contributed by atoms with Gasteiger partial charge in [0.05, 0.1) is 23.9 Å². The first-order valence-electron chi connectivity index (χ1n) is 5.01. The van der Waals surface area contributed by atoms with Crippen molar-refractivity contribution >= 4 is 37.6 Å². The minimum atomic E-state index is -0.263. The summed E-state index contributed by atoms with van der Waals surface area (Å²) in [6, 6.07) is 5.58. The number of methoxy groups -OCH3 is 2. The number of hydrogen-bond donors (Lipinski definition) is 0. The summed E-state index contributed by atoms with van der Waals surface area (Å²) in [6.07, 6.45) is 0. The molecule has 3 nitrogen and oxygen atoms in total. The molecule has 0 radical (unpaired) electrons. The highest BCUT2D eigenvalue weighted by Crippen LogP contribution is 2.36. The van der Waals surface area contributed by atoms with Crippen LogP contribution in [0.1, 0.15) is 17.3 Å². The Morgan fingerprint density at radius 2 is 1.76 bits per heavy atom. The fourth-order valence-corrected chi connectivity index (χ4v) is 2.36. The first-order valence-corrected chi connectivity index (χ1v) is 6.85. The van der Waals surface area contributed by atoms with Crippen LogP contribution in [-0.4, -0.2) is 24.8 Å². The van der Waals surface area contributed by atoms with Crippen molar-refractivity contribution in [3.8, 4) is 11.5 Å². The van der Waals surface area contributed by atoms with Crippen molar-refractivity contribution in [1.82, 2.24) is 0 Å². The van der Waals surface area contributed by atoms with E-state index in [1.807, 2.05) is 18.2 Å². The molecule has 2 atom stereocenters. The van der Waals surface area contributed by atoms with Gasteiger partial charge in [0.15, 0.2) is 11.5 Å². The lowest BCUT2D eigenvalue weighted by molar-refractivity contribution is -0.116. The maximum absolute atomic E-state index is 11.3. The van der Waals surface area contributed by atoms with Gasteiger partial charge < -0.3 is 9.47 Å². The number of ketones is 1. The molecule has 2 unspecified atom stereocenters. The second-order valence-electron chi connectivity index (χ2n) is 3.53. The van der Waals surface area contributed by atoms with Crippen LogP contribution in [0.5, 0.6) is 11.5 Å². The number of benzene rings is 1. The Bertz CT molecular complexity index is 407. The first kappa shape index (κ1) is 14.5.